The highest BCUT2D eigenvalue weighted by Gasteiger charge is 2.16. The van der Waals surface area contributed by atoms with Crippen molar-refractivity contribution in [3.05, 3.63) is 58.1 Å². The van der Waals surface area contributed by atoms with E-state index in [0.717, 1.165) is 0 Å². The van der Waals surface area contributed by atoms with Gasteiger partial charge in [0, 0.05) is 5.56 Å². The van der Waals surface area contributed by atoms with Crippen LogP contribution in [0.2, 0.25) is 0 Å². The van der Waals surface area contributed by atoms with Crippen molar-refractivity contribution in [3.8, 4) is 11.5 Å². The molecular formula is C17H18N2O5. The number of hydrogen-bond donors (Lipinski definition) is 1. The van der Waals surface area contributed by atoms with E-state index >= 15 is 0 Å². The normalized spacial score (nSPS) is 10.1. The van der Waals surface area contributed by atoms with Gasteiger partial charge in [-0.25, -0.2) is 0 Å². The lowest BCUT2D eigenvalue weighted by Gasteiger charge is -2.09. The van der Waals surface area contributed by atoms with Crippen LogP contribution in [0.1, 0.15) is 17.3 Å². The predicted octanol–water partition coefficient (Wildman–Crippen LogP) is 3.30. The third kappa shape index (κ3) is 4.22. The maximum atomic E-state index is 12.2. The minimum Gasteiger partial charge on any atom is -0.497 e. The van der Waals surface area contributed by atoms with Crippen molar-refractivity contribution in [2.75, 3.05) is 25.6 Å². The Hall–Kier alpha value is -3.09. The second kappa shape index (κ2) is 7.96. The number of ether oxygens (including phenoxy) is 2. The molecule has 0 heterocycles. The van der Waals surface area contributed by atoms with Gasteiger partial charge in [0.25, 0.3) is 5.69 Å². The van der Waals surface area contributed by atoms with E-state index in [0.29, 0.717) is 23.7 Å². The summed E-state index contributed by atoms with van der Waals surface area (Å²) >= 11 is 0. The van der Waals surface area contributed by atoms with E-state index in [2.05, 4.69) is 5.32 Å². The number of nitro groups is 1. The fraction of sp³-hybridized carbons (Fsp3) is 0.235. The van der Waals surface area contributed by atoms with Crippen molar-refractivity contribution in [2.45, 2.75) is 6.92 Å². The van der Waals surface area contributed by atoms with E-state index < -0.39 is 4.92 Å². The summed E-state index contributed by atoms with van der Waals surface area (Å²) in [6.07, 6.45) is 0. The lowest BCUT2D eigenvalue weighted by molar-refractivity contribution is -0.384. The molecule has 2 rings (SSSR count). The summed E-state index contributed by atoms with van der Waals surface area (Å²) in [4.78, 5) is 22.8. The van der Waals surface area contributed by atoms with Crippen LogP contribution in [0.25, 0.3) is 0 Å². The van der Waals surface area contributed by atoms with E-state index in [1.165, 1.54) is 12.1 Å². The van der Waals surface area contributed by atoms with Crippen LogP contribution in [0.15, 0.2) is 42.5 Å². The van der Waals surface area contributed by atoms with E-state index in [1.807, 2.05) is 0 Å². The van der Waals surface area contributed by atoms with Gasteiger partial charge in [-0.1, -0.05) is 0 Å². The number of rotatable bonds is 8. The lowest BCUT2D eigenvalue weighted by atomic mass is 10.1. The second-order valence-corrected chi connectivity index (χ2v) is 4.87. The highest BCUT2D eigenvalue weighted by atomic mass is 16.6. The van der Waals surface area contributed by atoms with Gasteiger partial charge in [0.15, 0.2) is 5.78 Å². The Morgan fingerprint density at radius 3 is 2.42 bits per heavy atom. The van der Waals surface area contributed by atoms with Crippen LogP contribution in [0.4, 0.5) is 11.4 Å². The van der Waals surface area contributed by atoms with E-state index in [4.69, 9.17) is 9.47 Å². The Balaban J connectivity index is 2.09. The summed E-state index contributed by atoms with van der Waals surface area (Å²) in [6, 6.07) is 11.2. The molecule has 0 saturated carbocycles. The van der Waals surface area contributed by atoms with Crippen LogP contribution in [-0.2, 0) is 0 Å². The number of nitro benzene ring substituents is 1. The van der Waals surface area contributed by atoms with Crippen molar-refractivity contribution in [3.63, 3.8) is 0 Å². The third-order valence-corrected chi connectivity index (χ3v) is 3.33. The highest BCUT2D eigenvalue weighted by Crippen LogP contribution is 2.29. The van der Waals surface area contributed by atoms with Gasteiger partial charge in [-0.2, -0.15) is 0 Å². The first kappa shape index (κ1) is 17.3. The van der Waals surface area contributed by atoms with Crippen molar-refractivity contribution < 1.29 is 19.2 Å². The number of hydrogen-bond acceptors (Lipinski definition) is 6. The molecule has 0 saturated heterocycles. The molecule has 0 aromatic heterocycles. The number of nitrogens with zero attached hydrogens (tertiary/aromatic N) is 1. The molecule has 0 spiro atoms. The number of ketones is 1. The van der Waals surface area contributed by atoms with Crippen LogP contribution in [-0.4, -0.2) is 31.0 Å². The summed E-state index contributed by atoms with van der Waals surface area (Å²) in [5.74, 6) is 0.888. The number of benzene rings is 2. The smallest absolute Gasteiger partial charge is 0.296 e. The number of nitrogens with one attached hydrogen (secondary N) is 1. The molecule has 0 aliphatic heterocycles. The molecule has 0 aliphatic carbocycles. The Morgan fingerprint density at radius 2 is 1.83 bits per heavy atom. The fourth-order valence-electron chi connectivity index (χ4n) is 2.12. The van der Waals surface area contributed by atoms with E-state index in [9.17, 15) is 14.9 Å². The van der Waals surface area contributed by atoms with Gasteiger partial charge in [0.05, 0.1) is 31.3 Å². The molecule has 0 aliphatic rings. The Kier molecular flexibility index (Phi) is 5.73. The Bertz CT molecular complexity index is 728. The largest absolute Gasteiger partial charge is 0.497 e. The first-order chi connectivity index (χ1) is 11.5. The van der Waals surface area contributed by atoms with Crippen molar-refractivity contribution in [1.82, 2.24) is 0 Å². The molecule has 0 atom stereocenters. The number of carbonyl (C=O) groups excluding carboxylic acids is 1. The third-order valence-electron chi connectivity index (χ3n) is 3.33. The molecule has 0 unspecified atom stereocenters. The SMILES string of the molecule is CCOc1ccc(NCC(=O)c2ccc(OC)cc2)c([N+](=O)[O-])c1. The summed E-state index contributed by atoms with van der Waals surface area (Å²) < 4.78 is 10.3. The molecule has 2 aromatic carbocycles. The molecule has 126 valence electrons. The zero-order chi connectivity index (χ0) is 17.5. The molecule has 1 N–H and O–H groups in total. The molecule has 2 aromatic rings. The zero-order valence-electron chi connectivity index (χ0n) is 13.4. The number of Topliss-reactive ketones (excluding diaryl/α,β-unsaturated/α-hetero) is 1. The van der Waals surface area contributed by atoms with Crippen LogP contribution in [0, 0.1) is 10.1 Å². The summed E-state index contributed by atoms with van der Waals surface area (Å²) in [5.41, 5.74) is 0.630. The van der Waals surface area contributed by atoms with Gasteiger partial charge >= 0.3 is 0 Å². The first-order valence-electron chi connectivity index (χ1n) is 7.37. The minimum atomic E-state index is -0.511. The monoisotopic (exact) mass is 330 g/mol. The predicted molar refractivity (Wildman–Crippen MR) is 90.1 cm³/mol. The van der Waals surface area contributed by atoms with E-state index in [1.54, 1.807) is 44.4 Å². The minimum absolute atomic E-state index is 0.0544. The van der Waals surface area contributed by atoms with Crippen LogP contribution in [0.3, 0.4) is 0 Å². The van der Waals surface area contributed by atoms with Gasteiger partial charge in [0.2, 0.25) is 0 Å². The highest BCUT2D eigenvalue weighted by molar-refractivity contribution is 5.99. The summed E-state index contributed by atoms with van der Waals surface area (Å²) in [6.45, 7) is 2.16. The van der Waals surface area contributed by atoms with Crippen molar-refractivity contribution in [1.29, 1.82) is 0 Å². The van der Waals surface area contributed by atoms with Gasteiger partial charge in [0.1, 0.15) is 17.2 Å². The molecule has 0 amide bonds. The molecule has 7 heteroatoms. The lowest BCUT2D eigenvalue weighted by Crippen LogP contribution is -2.14. The standard InChI is InChI=1S/C17H18N2O5/c1-3-24-14-8-9-15(16(10-14)19(21)22)18-11-17(20)12-4-6-13(23-2)7-5-12/h4-10,18H,3,11H2,1-2H3. The first-order valence-corrected chi connectivity index (χ1v) is 7.37. The molecule has 24 heavy (non-hydrogen) atoms. The average molecular weight is 330 g/mol. The van der Waals surface area contributed by atoms with E-state index in [-0.39, 0.29) is 23.7 Å². The van der Waals surface area contributed by atoms with Crippen LogP contribution >= 0.6 is 0 Å². The van der Waals surface area contributed by atoms with Crippen LogP contribution < -0.4 is 14.8 Å². The quantitative estimate of drug-likeness (QED) is 0.454. The van der Waals surface area contributed by atoms with Gasteiger partial charge in [-0.05, 0) is 43.3 Å². The Labute approximate surface area is 139 Å². The maximum Gasteiger partial charge on any atom is 0.296 e. The van der Waals surface area contributed by atoms with Crippen molar-refractivity contribution >= 4 is 17.2 Å². The molecule has 7 nitrogen and oxygen atoms in total. The van der Waals surface area contributed by atoms with Gasteiger partial charge < -0.3 is 14.8 Å². The number of methoxy groups -OCH3 is 1. The topological polar surface area (TPSA) is 90.7 Å². The van der Waals surface area contributed by atoms with Crippen LogP contribution in [0.5, 0.6) is 11.5 Å². The molecule has 0 fully saturated rings. The number of carbonyl (C=O) groups is 1. The van der Waals surface area contributed by atoms with Gasteiger partial charge in [-0.15, -0.1) is 0 Å². The number of anilines is 1. The fourth-order valence-corrected chi connectivity index (χ4v) is 2.12. The molecule has 0 bridgehead atoms. The summed E-state index contributed by atoms with van der Waals surface area (Å²) in [5, 5.41) is 14.0. The van der Waals surface area contributed by atoms with Gasteiger partial charge in [-0.3, -0.25) is 14.9 Å². The molecule has 0 radical (unpaired) electrons. The zero-order valence-corrected chi connectivity index (χ0v) is 13.4. The average Bonchev–Trinajstić information content (AvgIpc) is 2.60. The molecular weight excluding hydrogens is 312 g/mol. The second-order valence-electron chi connectivity index (χ2n) is 4.87. The summed E-state index contributed by atoms with van der Waals surface area (Å²) in [7, 11) is 1.55. The van der Waals surface area contributed by atoms with Crippen molar-refractivity contribution in [2.24, 2.45) is 0 Å². The Morgan fingerprint density at radius 1 is 1.17 bits per heavy atom. The maximum absolute atomic E-state index is 12.2.